The van der Waals surface area contributed by atoms with Gasteiger partial charge >= 0.3 is 0 Å². The van der Waals surface area contributed by atoms with Crippen molar-refractivity contribution in [2.75, 3.05) is 16.8 Å². The first kappa shape index (κ1) is 15.7. The Labute approximate surface area is 132 Å². The molecule has 2 rings (SSSR count). The number of hydrogen-bond donors (Lipinski definition) is 2. The number of nitrogens with two attached hydrogens (primary N) is 1. The Morgan fingerprint density at radius 1 is 1.52 bits per heavy atom. The van der Waals surface area contributed by atoms with Crippen molar-refractivity contribution in [3.8, 4) is 0 Å². The van der Waals surface area contributed by atoms with Crippen molar-refractivity contribution in [2.24, 2.45) is 0 Å². The number of thioether (sulfide) groups is 1. The van der Waals surface area contributed by atoms with E-state index >= 15 is 0 Å². The van der Waals surface area contributed by atoms with Gasteiger partial charge in [0, 0.05) is 17.9 Å². The van der Waals surface area contributed by atoms with Gasteiger partial charge in [0.05, 0.1) is 16.4 Å². The van der Waals surface area contributed by atoms with Gasteiger partial charge in [0.15, 0.2) is 0 Å². The summed E-state index contributed by atoms with van der Waals surface area (Å²) < 4.78 is 5.22. The van der Waals surface area contributed by atoms with Crippen molar-refractivity contribution in [3.63, 3.8) is 0 Å². The Kier molecular flexibility index (Phi) is 5.52. The molecule has 0 radical (unpaired) electrons. The standard InChI is InChI=1S/C14H16ClN3O2S/c1-9-8-20-14(17-9)21-6-2-3-13(19)18-10-4-5-11(15)12(16)7-10/h4-5,7-8H,2-3,6,16H2,1H3,(H,18,19). The van der Waals surface area contributed by atoms with Crippen molar-refractivity contribution in [1.82, 2.24) is 4.98 Å². The summed E-state index contributed by atoms with van der Waals surface area (Å²) >= 11 is 7.32. The summed E-state index contributed by atoms with van der Waals surface area (Å²) in [5, 5.41) is 3.90. The van der Waals surface area contributed by atoms with Gasteiger partial charge in [-0.05, 0) is 31.5 Å². The average Bonchev–Trinajstić information content (AvgIpc) is 2.85. The van der Waals surface area contributed by atoms with E-state index in [1.807, 2.05) is 6.92 Å². The van der Waals surface area contributed by atoms with Crippen LogP contribution in [-0.4, -0.2) is 16.6 Å². The maximum absolute atomic E-state index is 11.8. The summed E-state index contributed by atoms with van der Waals surface area (Å²) in [7, 11) is 0. The van der Waals surface area contributed by atoms with Crippen molar-refractivity contribution in [1.29, 1.82) is 0 Å². The number of amides is 1. The highest BCUT2D eigenvalue weighted by Crippen LogP contribution is 2.23. The van der Waals surface area contributed by atoms with Crippen LogP contribution in [0.4, 0.5) is 11.4 Å². The topological polar surface area (TPSA) is 81.2 Å². The Morgan fingerprint density at radius 3 is 3.00 bits per heavy atom. The average molecular weight is 326 g/mol. The predicted octanol–water partition coefficient (Wildman–Crippen LogP) is 3.73. The number of nitrogens with one attached hydrogen (secondary N) is 1. The third-order valence-corrected chi connectivity index (χ3v) is 3.92. The molecule has 1 aromatic heterocycles. The second kappa shape index (κ2) is 7.38. The summed E-state index contributed by atoms with van der Waals surface area (Å²) in [4.78, 5) is 16.0. The van der Waals surface area contributed by atoms with E-state index in [0.717, 1.165) is 17.9 Å². The molecule has 0 saturated heterocycles. The second-order valence-corrected chi connectivity index (χ2v) is 5.94. The maximum atomic E-state index is 11.8. The minimum atomic E-state index is -0.0547. The van der Waals surface area contributed by atoms with Crippen LogP contribution in [0.5, 0.6) is 0 Å². The fourth-order valence-corrected chi connectivity index (χ4v) is 2.54. The molecule has 0 bridgehead atoms. The number of aromatic nitrogens is 1. The van der Waals surface area contributed by atoms with Gasteiger partial charge in [0.2, 0.25) is 5.91 Å². The monoisotopic (exact) mass is 325 g/mol. The van der Waals surface area contributed by atoms with Gasteiger partial charge in [0.25, 0.3) is 5.22 Å². The zero-order chi connectivity index (χ0) is 15.2. The Morgan fingerprint density at radius 2 is 2.33 bits per heavy atom. The van der Waals surface area contributed by atoms with Crippen LogP contribution in [0.2, 0.25) is 5.02 Å². The van der Waals surface area contributed by atoms with Crippen molar-refractivity contribution < 1.29 is 9.21 Å². The molecule has 0 atom stereocenters. The number of rotatable bonds is 6. The number of carbonyl (C=O) groups excluding carboxylic acids is 1. The number of hydrogen-bond acceptors (Lipinski definition) is 5. The normalized spacial score (nSPS) is 10.6. The molecule has 0 aliphatic heterocycles. The molecular weight excluding hydrogens is 310 g/mol. The lowest BCUT2D eigenvalue weighted by Gasteiger charge is -2.06. The summed E-state index contributed by atoms with van der Waals surface area (Å²) in [5.74, 6) is 0.719. The molecule has 5 nitrogen and oxygen atoms in total. The minimum Gasteiger partial charge on any atom is -0.440 e. The van der Waals surface area contributed by atoms with E-state index in [2.05, 4.69) is 10.3 Å². The molecule has 21 heavy (non-hydrogen) atoms. The zero-order valence-corrected chi connectivity index (χ0v) is 13.1. The van der Waals surface area contributed by atoms with Crippen LogP contribution in [-0.2, 0) is 4.79 Å². The van der Waals surface area contributed by atoms with E-state index in [0.29, 0.717) is 28.0 Å². The van der Waals surface area contributed by atoms with Gasteiger partial charge in [0.1, 0.15) is 6.26 Å². The minimum absolute atomic E-state index is 0.0547. The highest BCUT2D eigenvalue weighted by atomic mass is 35.5. The summed E-state index contributed by atoms with van der Waals surface area (Å²) in [6.45, 7) is 1.87. The lowest BCUT2D eigenvalue weighted by Crippen LogP contribution is -2.11. The first-order valence-electron chi connectivity index (χ1n) is 6.44. The van der Waals surface area contributed by atoms with Crippen molar-refractivity contribution in [2.45, 2.75) is 25.0 Å². The van der Waals surface area contributed by atoms with Gasteiger partial charge in [-0.1, -0.05) is 23.4 Å². The Bertz CT molecular complexity index is 630. The molecule has 112 valence electrons. The molecule has 3 N–H and O–H groups in total. The van der Waals surface area contributed by atoms with Crippen molar-refractivity contribution in [3.05, 3.63) is 35.2 Å². The summed E-state index contributed by atoms with van der Waals surface area (Å²) in [6.07, 6.45) is 2.77. The maximum Gasteiger partial charge on any atom is 0.255 e. The van der Waals surface area contributed by atoms with Crippen LogP contribution in [0.25, 0.3) is 0 Å². The van der Waals surface area contributed by atoms with Crippen LogP contribution in [0.3, 0.4) is 0 Å². The molecule has 7 heteroatoms. The lowest BCUT2D eigenvalue weighted by atomic mass is 10.2. The fourth-order valence-electron chi connectivity index (χ4n) is 1.64. The molecule has 0 aliphatic rings. The van der Waals surface area contributed by atoms with E-state index in [1.165, 1.54) is 11.8 Å². The molecule has 1 amide bonds. The number of nitrogens with zero attached hydrogens (tertiary/aromatic N) is 1. The number of nitrogen functional groups attached to an aromatic ring is 1. The number of halogens is 1. The van der Waals surface area contributed by atoms with Gasteiger partial charge in [-0.25, -0.2) is 4.98 Å². The van der Waals surface area contributed by atoms with Crippen LogP contribution in [0, 0.1) is 6.92 Å². The molecule has 1 aromatic carbocycles. The van der Waals surface area contributed by atoms with Crippen LogP contribution < -0.4 is 11.1 Å². The number of oxazole rings is 1. The molecule has 2 aromatic rings. The van der Waals surface area contributed by atoms with Crippen LogP contribution in [0.1, 0.15) is 18.5 Å². The zero-order valence-electron chi connectivity index (χ0n) is 11.6. The van der Waals surface area contributed by atoms with E-state index in [4.69, 9.17) is 21.8 Å². The molecule has 0 aliphatic carbocycles. The van der Waals surface area contributed by atoms with Gasteiger partial charge in [-0.15, -0.1) is 0 Å². The van der Waals surface area contributed by atoms with E-state index in [-0.39, 0.29) is 5.91 Å². The highest BCUT2D eigenvalue weighted by Gasteiger charge is 2.06. The molecular formula is C14H16ClN3O2S. The predicted molar refractivity (Wildman–Crippen MR) is 85.7 cm³/mol. The molecule has 0 unspecified atom stereocenters. The second-order valence-electron chi connectivity index (χ2n) is 4.49. The molecule has 1 heterocycles. The largest absolute Gasteiger partial charge is 0.440 e. The molecule has 0 spiro atoms. The van der Waals surface area contributed by atoms with Crippen LogP contribution >= 0.6 is 23.4 Å². The van der Waals surface area contributed by atoms with Gasteiger partial charge < -0.3 is 15.5 Å². The van der Waals surface area contributed by atoms with Crippen molar-refractivity contribution >= 4 is 40.6 Å². The van der Waals surface area contributed by atoms with Gasteiger partial charge in [-0.2, -0.15) is 0 Å². The fraction of sp³-hybridized carbons (Fsp3) is 0.286. The summed E-state index contributed by atoms with van der Waals surface area (Å²) in [6, 6.07) is 5.03. The third-order valence-electron chi connectivity index (χ3n) is 2.65. The van der Waals surface area contributed by atoms with E-state index in [9.17, 15) is 4.79 Å². The molecule has 0 fully saturated rings. The Balaban J connectivity index is 1.71. The first-order valence-corrected chi connectivity index (χ1v) is 7.81. The third kappa shape index (κ3) is 4.99. The van der Waals surface area contributed by atoms with E-state index in [1.54, 1.807) is 24.5 Å². The smallest absolute Gasteiger partial charge is 0.255 e. The first-order chi connectivity index (χ1) is 10.0. The summed E-state index contributed by atoms with van der Waals surface area (Å²) in [5.41, 5.74) is 7.64. The lowest BCUT2D eigenvalue weighted by molar-refractivity contribution is -0.116. The number of carbonyl (C=O) groups is 1. The van der Waals surface area contributed by atoms with Crippen LogP contribution in [0.15, 0.2) is 34.1 Å². The number of aryl methyl sites for hydroxylation is 1. The quantitative estimate of drug-likeness (QED) is 0.480. The van der Waals surface area contributed by atoms with Gasteiger partial charge in [-0.3, -0.25) is 4.79 Å². The number of anilines is 2. The SMILES string of the molecule is Cc1coc(SCCCC(=O)Nc2ccc(Cl)c(N)c2)n1. The number of benzene rings is 1. The molecule has 0 saturated carbocycles. The highest BCUT2D eigenvalue weighted by molar-refractivity contribution is 7.99. The van der Waals surface area contributed by atoms with E-state index < -0.39 is 0 Å². The Hall–Kier alpha value is -1.66.